The molecule has 1 aliphatic carbocycles. The van der Waals surface area contributed by atoms with Gasteiger partial charge in [-0.25, -0.2) is 0 Å². The van der Waals surface area contributed by atoms with Crippen molar-refractivity contribution in [1.82, 2.24) is 4.90 Å². The van der Waals surface area contributed by atoms with Crippen LogP contribution in [0.25, 0.3) is 11.3 Å². The molecule has 1 unspecified atom stereocenters. The summed E-state index contributed by atoms with van der Waals surface area (Å²) in [6.45, 7) is 0.263. The third-order valence-electron chi connectivity index (χ3n) is 4.42. The Morgan fingerprint density at radius 3 is 2.63 bits per heavy atom. The van der Waals surface area contributed by atoms with Gasteiger partial charge < -0.3 is 19.8 Å². The minimum atomic E-state index is -4.48. The van der Waals surface area contributed by atoms with Crippen molar-refractivity contribution in [3.63, 3.8) is 0 Å². The van der Waals surface area contributed by atoms with E-state index in [9.17, 15) is 18.0 Å². The Labute approximate surface area is 154 Å². The number of rotatable bonds is 7. The van der Waals surface area contributed by atoms with Gasteiger partial charge >= 0.3 is 6.18 Å². The maximum Gasteiger partial charge on any atom is 0.417 e. The molecule has 1 aliphatic rings. The molecule has 5 nitrogen and oxygen atoms in total. The summed E-state index contributed by atoms with van der Waals surface area (Å²) in [5.74, 6) is 0.266. The molecule has 3 rings (SSSR count). The number of hydrogen-bond acceptors (Lipinski definition) is 4. The third kappa shape index (κ3) is 4.51. The number of nitrogens with two attached hydrogens (primary N) is 1. The number of alkyl halides is 3. The molecule has 1 heterocycles. The van der Waals surface area contributed by atoms with Gasteiger partial charge in [-0.15, -0.1) is 0 Å². The van der Waals surface area contributed by atoms with Gasteiger partial charge in [0, 0.05) is 18.7 Å². The number of ether oxygens (including phenoxy) is 1. The van der Waals surface area contributed by atoms with E-state index in [1.165, 1.54) is 31.4 Å². The summed E-state index contributed by atoms with van der Waals surface area (Å²) in [7, 11) is 1.46. The molecule has 1 aromatic carbocycles. The lowest BCUT2D eigenvalue weighted by atomic mass is 10.1. The molecular weight excluding hydrogens is 361 g/mol. The van der Waals surface area contributed by atoms with E-state index in [2.05, 4.69) is 0 Å². The zero-order chi connectivity index (χ0) is 19.6. The highest BCUT2D eigenvalue weighted by Gasteiger charge is 2.36. The van der Waals surface area contributed by atoms with Crippen molar-refractivity contribution in [3.05, 3.63) is 47.7 Å². The molecule has 1 fully saturated rings. The minimum absolute atomic E-state index is 0.0309. The predicted molar refractivity (Wildman–Crippen MR) is 92.6 cm³/mol. The van der Waals surface area contributed by atoms with Crippen LogP contribution in [0.1, 0.15) is 24.2 Å². The van der Waals surface area contributed by atoms with Gasteiger partial charge in [0.2, 0.25) is 5.91 Å². The Morgan fingerprint density at radius 1 is 1.30 bits per heavy atom. The monoisotopic (exact) mass is 382 g/mol. The topological polar surface area (TPSA) is 68.7 Å². The van der Waals surface area contributed by atoms with Crippen LogP contribution < -0.4 is 5.73 Å². The van der Waals surface area contributed by atoms with E-state index >= 15 is 0 Å². The number of methoxy groups -OCH3 is 1. The van der Waals surface area contributed by atoms with Crippen molar-refractivity contribution < 1.29 is 27.1 Å². The standard InChI is InChI=1S/C19H21F3N2O3/c1-26-11-16(23)18(25)24(12-6-7-12)10-13-8-9-17(27-13)14-4-2-3-5-15(14)19(20,21)22/h2-5,8-9,12,16H,6-7,10-11,23H2,1H3. The van der Waals surface area contributed by atoms with Crippen molar-refractivity contribution in [2.24, 2.45) is 5.73 Å². The number of benzene rings is 1. The summed E-state index contributed by atoms with van der Waals surface area (Å²) < 4.78 is 50.2. The van der Waals surface area contributed by atoms with Crippen LogP contribution in [0.15, 0.2) is 40.8 Å². The molecule has 146 valence electrons. The Balaban J connectivity index is 1.81. The number of carbonyl (C=O) groups is 1. The number of amides is 1. The van der Waals surface area contributed by atoms with Crippen LogP contribution in [0.2, 0.25) is 0 Å². The minimum Gasteiger partial charge on any atom is -0.459 e. The van der Waals surface area contributed by atoms with Crippen LogP contribution in [0.3, 0.4) is 0 Å². The summed E-state index contributed by atoms with van der Waals surface area (Å²) in [6.07, 6.45) is -2.74. The van der Waals surface area contributed by atoms with E-state index in [1.54, 1.807) is 11.0 Å². The Kier molecular flexibility index (Phi) is 5.57. The third-order valence-corrected chi connectivity index (χ3v) is 4.42. The number of halogens is 3. The fourth-order valence-corrected chi connectivity index (χ4v) is 2.96. The maximum absolute atomic E-state index is 13.2. The van der Waals surface area contributed by atoms with Gasteiger partial charge in [0.05, 0.1) is 18.7 Å². The summed E-state index contributed by atoms with van der Waals surface area (Å²) in [5, 5.41) is 0. The Bertz CT molecular complexity index is 799. The molecule has 2 aromatic rings. The molecule has 2 N–H and O–H groups in total. The lowest BCUT2D eigenvalue weighted by molar-refractivity contribution is -0.137. The molecule has 1 amide bonds. The van der Waals surface area contributed by atoms with E-state index in [0.29, 0.717) is 5.76 Å². The zero-order valence-corrected chi connectivity index (χ0v) is 14.8. The summed E-state index contributed by atoms with van der Waals surface area (Å²) in [5.41, 5.74) is 5.05. The zero-order valence-electron chi connectivity index (χ0n) is 14.8. The van der Waals surface area contributed by atoms with E-state index in [-0.39, 0.29) is 36.4 Å². The van der Waals surface area contributed by atoms with Crippen LogP contribution in [0.4, 0.5) is 13.2 Å². The largest absolute Gasteiger partial charge is 0.459 e. The van der Waals surface area contributed by atoms with Gasteiger partial charge in [0.15, 0.2) is 0 Å². The second-order valence-electron chi connectivity index (χ2n) is 6.57. The second-order valence-corrected chi connectivity index (χ2v) is 6.57. The fraction of sp³-hybridized carbons (Fsp3) is 0.421. The molecule has 0 spiro atoms. The SMILES string of the molecule is COCC(N)C(=O)N(Cc1ccc(-c2ccccc2C(F)(F)F)o1)C1CC1. The first-order chi connectivity index (χ1) is 12.8. The molecule has 8 heteroatoms. The molecular formula is C19H21F3N2O3. The van der Waals surface area contributed by atoms with Gasteiger partial charge in [0.25, 0.3) is 0 Å². The first kappa shape index (κ1) is 19.4. The number of carbonyl (C=O) groups excluding carboxylic acids is 1. The molecule has 1 aromatic heterocycles. The van der Waals surface area contributed by atoms with Gasteiger partial charge in [-0.05, 0) is 31.0 Å². The van der Waals surface area contributed by atoms with Gasteiger partial charge in [-0.1, -0.05) is 18.2 Å². The van der Waals surface area contributed by atoms with Crippen LogP contribution in [-0.2, 0) is 22.3 Å². The smallest absolute Gasteiger partial charge is 0.417 e. The highest BCUT2D eigenvalue weighted by Crippen LogP contribution is 2.38. The van der Waals surface area contributed by atoms with E-state index in [4.69, 9.17) is 14.9 Å². The summed E-state index contributed by atoms with van der Waals surface area (Å²) >= 11 is 0. The van der Waals surface area contributed by atoms with Crippen molar-refractivity contribution in [1.29, 1.82) is 0 Å². The van der Waals surface area contributed by atoms with Crippen LogP contribution in [0, 0.1) is 0 Å². The fourth-order valence-electron chi connectivity index (χ4n) is 2.96. The average Bonchev–Trinajstić information content (AvgIpc) is 3.36. The predicted octanol–water partition coefficient (Wildman–Crippen LogP) is 3.43. The quantitative estimate of drug-likeness (QED) is 0.797. The van der Waals surface area contributed by atoms with Gasteiger partial charge in [-0.2, -0.15) is 13.2 Å². The Morgan fingerprint density at radius 2 is 2.00 bits per heavy atom. The lowest BCUT2D eigenvalue weighted by Crippen LogP contribution is -2.46. The molecule has 0 bridgehead atoms. The van der Waals surface area contributed by atoms with Crippen molar-refractivity contribution in [2.45, 2.75) is 37.6 Å². The van der Waals surface area contributed by atoms with Crippen LogP contribution >= 0.6 is 0 Å². The molecule has 1 atom stereocenters. The highest BCUT2D eigenvalue weighted by molar-refractivity contribution is 5.82. The van der Waals surface area contributed by atoms with E-state index < -0.39 is 17.8 Å². The molecule has 0 saturated heterocycles. The number of nitrogens with zero attached hydrogens (tertiary/aromatic N) is 1. The van der Waals surface area contributed by atoms with Crippen LogP contribution in [0.5, 0.6) is 0 Å². The molecule has 1 saturated carbocycles. The maximum atomic E-state index is 13.2. The summed E-state index contributed by atoms with van der Waals surface area (Å²) in [6, 6.07) is 7.62. The van der Waals surface area contributed by atoms with Crippen molar-refractivity contribution in [3.8, 4) is 11.3 Å². The first-order valence-corrected chi connectivity index (χ1v) is 8.61. The van der Waals surface area contributed by atoms with Crippen molar-refractivity contribution >= 4 is 5.91 Å². The molecule has 0 radical (unpaired) electrons. The second kappa shape index (κ2) is 7.74. The average molecular weight is 382 g/mol. The molecule has 27 heavy (non-hydrogen) atoms. The van der Waals surface area contributed by atoms with E-state index in [1.807, 2.05) is 0 Å². The highest BCUT2D eigenvalue weighted by atomic mass is 19.4. The Hall–Kier alpha value is -2.32. The summed E-state index contributed by atoms with van der Waals surface area (Å²) in [4.78, 5) is 14.1. The van der Waals surface area contributed by atoms with E-state index in [0.717, 1.165) is 18.9 Å². The first-order valence-electron chi connectivity index (χ1n) is 8.61. The molecule has 0 aliphatic heterocycles. The number of hydrogen-bond donors (Lipinski definition) is 1. The van der Waals surface area contributed by atoms with Gasteiger partial charge in [0.1, 0.15) is 17.6 Å². The van der Waals surface area contributed by atoms with Gasteiger partial charge in [-0.3, -0.25) is 4.79 Å². The lowest BCUT2D eigenvalue weighted by Gasteiger charge is -2.24. The van der Waals surface area contributed by atoms with Crippen LogP contribution in [-0.4, -0.2) is 36.6 Å². The number of furan rings is 1. The van der Waals surface area contributed by atoms with Crippen molar-refractivity contribution in [2.75, 3.05) is 13.7 Å². The normalized spacial score (nSPS) is 15.6.